The number of hydrogen-bond acceptors (Lipinski definition) is 7. The molecular formula is C27H21ClFN5O5S2. The monoisotopic (exact) mass is 613 g/mol. The normalized spacial score (nSPS) is 11.4. The van der Waals surface area contributed by atoms with Crippen molar-refractivity contribution in [3.8, 4) is 5.69 Å². The lowest BCUT2D eigenvalue weighted by Gasteiger charge is -2.11. The summed E-state index contributed by atoms with van der Waals surface area (Å²) in [6.45, 7) is 2.03. The van der Waals surface area contributed by atoms with Gasteiger partial charge in [0.1, 0.15) is 10.0 Å². The van der Waals surface area contributed by atoms with Gasteiger partial charge in [0.15, 0.2) is 0 Å². The lowest BCUT2D eigenvalue weighted by Crippen LogP contribution is -2.34. The highest BCUT2D eigenvalue weighted by Gasteiger charge is 2.20. The van der Waals surface area contributed by atoms with Gasteiger partial charge in [0.2, 0.25) is 0 Å². The molecule has 0 radical (unpaired) electrons. The molecule has 0 aliphatic carbocycles. The van der Waals surface area contributed by atoms with E-state index in [0.717, 1.165) is 21.5 Å². The van der Waals surface area contributed by atoms with Crippen LogP contribution in [0.1, 0.15) is 11.1 Å². The highest BCUT2D eigenvalue weighted by Crippen LogP contribution is 2.25. The van der Waals surface area contributed by atoms with Crippen LogP contribution in [0.3, 0.4) is 0 Å². The first-order valence-corrected chi connectivity index (χ1v) is 14.7. The Morgan fingerprint density at radius 3 is 2.41 bits per heavy atom. The van der Waals surface area contributed by atoms with Gasteiger partial charge in [-0.1, -0.05) is 23.7 Å². The Morgan fingerprint density at radius 2 is 1.73 bits per heavy atom. The Balaban J connectivity index is 1.31. The molecule has 2 aromatic heterocycles. The molecule has 0 aliphatic rings. The van der Waals surface area contributed by atoms with Gasteiger partial charge in [0.05, 0.1) is 20.9 Å². The van der Waals surface area contributed by atoms with Crippen LogP contribution in [0.15, 0.2) is 86.6 Å². The van der Waals surface area contributed by atoms with Crippen LogP contribution in [-0.2, 0) is 16.6 Å². The summed E-state index contributed by atoms with van der Waals surface area (Å²) in [4.78, 5) is 41.0. The maximum atomic E-state index is 13.8. The van der Waals surface area contributed by atoms with Crippen LogP contribution in [0.5, 0.6) is 0 Å². The number of sulfonamides is 1. The number of aryl methyl sites for hydroxylation is 1. The number of nitrogens with one attached hydrogen (secondary N) is 4. The summed E-state index contributed by atoms with van der Waals surface area (Å²) in [5, 5.41) is 5.80. The molecule has 0 saturated carbocycles. The SMILES string of the molecule is Cc1ccc(CNc2ccc3c(=O)n(-c4ccc(NC(=O)NS(=O)(=O)c5ccc(Cl)s5)cc4)c(=O)[nH]c3c2)cc1F. The van der Waals surface area contributed by atoms with Gasteiger partial charge in [-0.15, -0.1) is 11.3 Å². The van der Waals surface area contributed by atoms with Crippen LogP contribution in [-0.4, -0.2) is 24.0 Å². The number of carbonyl (C=O) groups is 1. The number of anilines is 2. The molecule has 10 nitrogen and oxygen atoms in total. The predicted molar refractivity (Wildman–Crippen MR) is 157 cm³/mol. The van der Waals surface area contributed by atoms with Crippen LogP contribution in [0.4, 0.5) is 20.6 Å². The Hall–Kier alpha value is -4.46. The van der Waals surface area contributed by atoms with Gasteiger partial charge in [-0.05, 0) is 78.7 Å². The molecular weight excluding hydrogens is 593 g/mol. The Kier molecular flexibility index (Phi) is 7.67. The summed E-state index contributed by atoms with van der Waals surface area (Å²) in [5.41, 5.74) is 1.45. The van der Waals surface area contributed by atoms with E-state index in [1.54, 1.807) is 31.2 Å². The van der Waals surface area contributed by atoms with Crippen molar-refractivity contribution in [3.63, 3.8) is 0 Å². The van der Waals surface area contributed by atoms with Crippen molar-refractivity contribution >= 4 is 61.3 Å². The fraction of sp³-hybridized carbons (Fsp3) is 0.0741. The number of hydrogen-bond donors (Lipinski definition) is 4. The van der Waals surface area contributed by atoms with Crippen LogP contribution in [0.2, 0.25) is 4.34 Å². The second-order valence-corrected chi connectivity index (χ2v) is 12.6. The molecule has 0 unspecified atom stereocenters. The molecule has 2 heterocycles. The number of aromatic nitrogens is 2. The number of urea groups is 1. The molecule has 4 N–H and O–H groups in total. The zero-order valence-corrected chi connectivity index (χ0v) is 23.6. The lowest BCUT2D eigenvalue weighted by atomic mass is 10.1. The van der Waals surface area contributed by atoms with Crippen LogP contribution >= 0.6 is 22.9 Å². The highest BCUT2D eigenvalue weighted by atomic mass is 35.5. The molecule has 0 bridgehead atoms. The van der Waals surface area contributed by atoms with Crippen LogP contribution < -0.4 is 26.6 Å². The Morgan fingerprint density at radius 1 is 1.00 bits per heavy atom. The van der Waals surface area contributed by atoms with E-state index in [1.807, 2.05) is 10.8 Å². The quantitative estimate of drug-likeness (QED) is 0.204. The van der Waals surface area contributed by atoms with E-state index in [-0.39, 0.29) is 31.1 Å². The summed E-state index contributed by atoms with van der Waals surface area (Å²) in [5.74, 6) is -0.299. The summed E-state index contributed by atoms with van der Waals surface area (Å²) in [6.07, 6.45) is 0. The van der Waals surface area contributed by atoms with E-state index in [9.17, 15) is 27.2 Å². The first-order chi connectivity index (χ1) is 19.5. The molecule has 3 aromatic carbocycles. The van der Waals surface area contributed by atoms with Crippen molar-refractivity contribution in [2.75, 3.05) is 10.6 Å². The van der Waals surface area contributed by atoms with Gasteiger partial charge in [-0.2, -0.15) is 0 Å². The molecule has 2 amide bonds. The molecule has 0 atom stereocenters. The number of fused-ring (bicyclic) bond motifs is 1. The van der Waals surface area contributed by atoms with Crippen molar-refractivity contribution in [2.45, 2.75) is 17.7 Å². The Labute approximate surface area is 241 Å². The number of aromatic amines is 1. The summed E-state index contributed by atoms with van der Waals surface area (Å²) in [7, 11) is -4.10. The zero-order chi connectivity index (χ0) is 29.3. The third kappa shape index (κ3) is 6.16. The average molecular weight is 614 g/mol. The number of halogens is 2. The van der Waals surface area contributed by atoms with Crippen molar-refractivity contribution in [2.24, 2.45) is 0 Å². The minimum Gasteiger partial charge on any atom is -0.381 e. The van der Waals surface area contributed by atoms with Crippen molar-refractivity contribution in [1.82, 2.24) is 14.3 Å². The standard InChI is InChI=1S/C27H21ClFN5O5S2/c1-15-2-3-16(12-21(15)29)14-30-18-6-9-20-22(13-18)32-27(37)34(25(20)35)19-7-4-17(5-8-19)31-26(36)33-41(38,39)24-11-10-23(28)40-24/h2-13,30H,14H2,1H3,(H,32,37)(H2,31,33,36). The molecule has 0 saturated heterocycles. The number of rotatable bonds is 7. The topological polar surface area (TPSA) is 142 Å². The number of benzene rings is 3. The highest BCUT2D eigenvalue weighted by molar-refractivity contribution is 7.92. The largest absolute Gasteiger partial charge is 0.381 e. The van der Waals surface area contributed by atoms with Gasteiger partial charge in [0, 0.05) is 17.9 Å². The molecule has 0 aliphatic heterocycles. The summed E-state index contributed by atoms with van der Waals surface area (Å²) in [6, 6.07) is 17.2. The summed E-state index contributed by atoms with van der Waals surface area (Å²) < 4.78 is 41.4. The van der Waals surface area contributed by atoms with Gasteiger partial charge in [-0.3, -0.25) is 4.79 Å². The fourth-order valence-electron chi connectivity index (χ4n) is 3.98. The van der Waals surface area contributed by atoms with E-state index in [2.05, 4.69) is 15.6 Å². The number of thiophene rings is 1. The third-order valence-corrected chi connectivity index (χ3v) is 9.11. The van der Waals surface area contributed by atoms with Gasteiger partial charge >= 0.3 is 11.7 Å². The van der Waals surface area contributed by atoms with E-state index < -0.39 is 27.3 Å². The van der Waals surface area contributed by atoms with Crippen molar-refractivity contribution in [3.05, 3.63) is 115 Å². The molecule has 14 heteroatoms. The number of carbonyl (C=O) groups excluding carboxylic acids is 1. The number of amides is 2. The number of H-pyrrole nitrogens is 1. The van der Waals surface area contributed by atoms with Crippen molar-refractivity contribution in [1.29, 1.82) is 0 Å². The second kappa shape index (κ2) is 11.2. The Bertz CT molecular complexity index is 2020. The van der Waals surface area contributed by atoms with Crippen LogP contribution in [0.25, 0.3) is 16.6 Å². The smallest absolute Gasteiger partial charge is 0.333 e. The minimum absolute atomic E-state index is 0.118. The maximum Gasteiger partial charge on any atom is 0.333 e. The van der Waals surface area contributed by atoms with E-state index in [1.165, 1.54) is 42.5 Å². The number of nitrogens with zero attached hydrogens (tertiary/aromatic N) is 1. The fourth-order valence-corrected chi connectivity index (χ4v) is 6.37. The molecule has 41 heavy (non-hydrogen) atoms. The van der Waals surface area contributed by atoms with E-state index in [0.29, 0.717) is 23.3 Å². The molecule has 0 spiro atoms. The van der Waals surface area contributed by atoms with Gasteiger partial charge < -0.3 is 15.6 Å². The molecule has 210 valence electrons. The van der Waals surface area contributed by atoms with Crippen molar-refractivity contribution < 1.29 is 17.6 Å². The predicted octanol–water partition coefficient (Wildman–Crippen LogP) is 4.96. The van der Waals surface area contributed by atoms with Gasteiger partial charge in [0.25, 0.3) is 15.6 Å². The molecule has 5 aromatic rings. The molecule has 5 rings (SSSR count). The van der Waals surface area contributed by atoms with Gasteiger partial charge in [-0.25, -0.2) is 31.7 Å². The first kappa shape index (κ1) is 28.1. The minimum atomic E-state index is -4.10. The summed E-state index contributed by atoms with van der Waals surface area (Å²) >= 11 is 6.57. The molecule has 0 fully saturated rings. The lowest BCUT2D eigenvalue weighted by molar-refractivity contribution is 0.256. The second-order valence-electron chi connectivity index (χ2n) is 8.93. The van der Waals surface area contributed by atoms with Crippen LogP contribution in [0, 0.1) is 12.7 Å². The van der Waals surface area contributed by atoms with E-state index >= 15 is 0 Å². The maximum absolute atomic E-state index is 13.8. The average Bonchev–Trinajstić information content (AvgIpc) is 3.37. The third-order valence-electron chi connectivity index (χ3n) is 6.05. The first-order valence-electron chi connectivity index (χ1n) is 12.0. The zero-order valence-electron chi connectivity index (χ0n) is 21.2. The van der Waals surface area contributed by atoms with E-state index in [4.69, 9.17) is 11.6 Å².